The van der Waals surface area contributed by atoms with Crippen molar-refractivity contribution in [3.63, 3.8) is 0 Å². The largest absolute Gasteiger partial charge is 0.356 e. The van der Waals surface area contributed by atoms with Gasteiger partial charge in [0.05, 0.1) is 5.69 Å². The average Bonchev–Trinajstić information content (AvgIpc) is 2.78. The predicted octanol–water partition coefficient (Wildman–Crippen LogP) is 2.20. The summed E-state index contributed by atoms with van der Waals surface area (Å²) in [5.41, 5.74) is 2.33. The molecule has 0 aromatic carbocycles. The van der Waals surface area contributed by atoms with Crippen LogP contribution in [0.15, 0.2) is 11.1 Å². The Bertz CT molecular complexity index is 469. The van der Waals surface area contributed by atoms with Gasteiger partial charge in [0.2, 0.25) is 0 Å². The Balaban J connectivity index is 1.73. The van der Waals surface area contributed by atoms with Crippen LogP contribution in [0.25, 0.3) is 0 Å². The number of guanidine groups is 1. The van der Waals surface area contributed by atoms with E-state index in [1.165, 1.54) is 18.5 Å². The molecule has 0 atom stereocenters. The third kappa shape index (κ3) is 4.48. The quantitative estimate of drug-likeness (QED) is 0.525. The maximum absolute atomic E-state index is 4.49. The van der Waals surface area contributed by atoms with E-state index in [0.717, 1.165) is 50.2 Å². The molecule has 5 nitrogen and oxygen atoms in total. The fourth-order valence-electron chi connectivity index (χ4n) is 2.88. The van der Waals surface area contributed by atoms with Crippen molar-refractivity contribution < 1.29 is 0 Å². The Labute approximate surface area is 128 Å². The lowest BCUT2D eigenvalue weighted by molar-refractivity contribution is 0.273. The highest BCUT2D eigenvalue weighted by atomic mass is 15.3. The number of nitrogens with zero attached hydrogens (tertiary/aromatic N) is 4. The molecule has 1 aromatic rings. The van der Waals surface area contributed by atoms with E-state index >= 15 is 0 Å². The first-order valence-corrected chi connectivity index (χ1v) is 8.07. The summed E-state index contributed by atoms with van der Waals surface area (Å²) in [7, 11) is 1.88. The van der Waals surface area contributed by atoms with E-state index in [1.54, 1.807) is 0 Å². The maximum atomic E-state index is 4.49. The fraction of sp³-hybridized carbons (Fsp3) is 0.750. The molecule has 1 aliphatic heterocycles. The standard InChI is InChI=1S/C16H29N5/c1-13-6-10-20(11-7-13)16(17-4)18-8-5-9-21-15(3)12-14(2)19-21/h12-13H,5-11H2,1-4H3,(H,17,18). The van der Waals surface area contributed by atoms with Crippen molar-refractivity contribution in [1.29, 1.82) is 0 Å². The molecule has 0 amide bonds. The van der Waals surface area contributed by atoms with Crippen molar-refractivity contribution in [3.8, 4) is 0 Å². The summed E-state index contributed by atoms with van der Waals surface area (Å²) in [6, 6.07) is 2.13. The molecular weight excluding hydrogens is 262 g/mol. The minimum absolute atomic E-state index is 0.852. The molecule has 0 bridgehead atoms. The molecule has 1 fully saturated rings. The van der Waals surface area contributed by atoms with E-state index in [9.17, 15) is 0 Å². The molecule has 1 aromatic heterocycles. The summed E-state index contributed by atoms with van der Waals surface area (Å²) in [5, 5.41) is 7.98. The molecule has 0 radical (unpaired) electrons. The first-order valence-electron chi connectivity index (χ1n) is 8.07. The Morgan fingerprint density at radius 1 is 1.38 bits per heavy atom. The maximum Gasteiger partial charge on any atom is 0.193 e. The van der Waals surface area contributed by atoms with Crippen LogP contribution in [0.2, 0.25) is 0 Å². The van der Waals surface area contributed by atoms with Gasteiger partial charge in [-0.25, -0.2) is 0 Å². The first kappa shape index (κ1) is 15.9. The van der Waals surface area contributed by atoms with E-state index in [4.69, 9.17) is 0 Å². The van der Waals surface area contributed by atoms with E-state index in [-0.39, 0.29) is 0 Å². The highest BCUT2D eigenvalue weighted by molar-refractivity contribution is 5.79. The van der Waals surface area contributed by atoms with E-state index in [0.29, 0.717) is 0 Å². The van der Waals surface area contributed by atoms with Crippen molar-refractivity contribution in [2.75, 3.05) is 26.7 Å². The van der Waals surface area contributed by atoms with Crippen LogP contribution >= 0.6 is 0 Å². The second-order valence-electron chi connectivity index (χ2n) is 6.15. The minimum atomic E-state index is 0.852. The third-order valence-electron chi connectivity index (χ3n) is 4.23. The lowest BCUT2D eigenvalue weighted by Crippen LogP contribution is -2.45. The number of piperidine rings is 1. The number of likely N-dealkylation sites (tertiary alicyclic amines) is 1. The Hall–Kier alpha value is -1.52. The second-order valence-corrected chi connectivity index (χ2v) is 6.15. The van der Waals surface area contributed by atoms with Crippen molar-refractivity contribution in [1.82, 2.24) is 20.0 Å². The molecule has 1 N–H and O–H groups in total. The molecule has 0 saturated carbocycles. The van der Waals surface area contributed by atoms with E-state index < -0.39 is 0 Å². The Morgan fingerprint density at radius 2 is 2.10 bits per heavy atom. The highest BCUT2D eigenvalue weighted by Gasteiger charge is 2.18. The molecule has 0 unspecified atom stereocenters. The van der Waals surface area contributed by atoms with E-state index in [1.807, 2.05) is 14.0 Å². The van der Waals surface area contributed by atoms with Crippen molar-refractivity contribution >= 4 is 5.96 Å². The van der Waals surface area contributed by atoms with Gasteiger partial charge in [0.15, 0.2) is 5.96 Å². The molecular formula is C16H29N5. The SMILES string of the molecule is CN=C(NCCCn1nc(C)cc1C)N1CCC(C)CC1. The van der Waals surface area contributed by atoms with Crippen LogP contribution in [0.1, 0.15) is 37.6 Å². The van der Waals surface area contributed by atoms with Gasteiger partial charge in [0, 0.05) is 38.9 Å². The number of hydrogen-bond donors (Lipinski definition) is 1. The van der Waals surface area contributed by atoms with Crippen LogP contribution < -0.4 is 5.32 Å². The molecule has 1 aliphatic rings. The molecule has 0 spiro atoms. The number of nitrogens with one attached hydrogen (secondary N) is 1. The minimum Gasteiger partial charge on any atom is -0.356 e. The summed E-state index contributed by atoms with van der Waals surface area (Å²) in [6.45, 7) is 10.6. The number of rotatable bonds is 4. The smallest absolute Gasteiger partial charge is 0.193 e. The molecule has 2 heterocycles. The van der Waals surface area contributed by atoms with Gasteiger partial charge in [0.1, 0.15) is 0 Å². The monoisotopic (exact) mass is 291 g/mol. The van der Waals surface area contributed by atoms with Gasteiger partial charge in [-0.1, -0.05) is 6.92 Å². The lowest BCUT2D eigenvalue weighted by atomic mass is 10.00. The predicted molar refractivity (Wildman–Crippen MR) is 87.7 cm³/mol. The molecule has 5 heteroatoms. The van der Waals surface area contributed by atoms with Crippen molar-refractivity contribution in [2.24, 2.45) is 10.9 Å². The number of aryl methyl sites for hydroxylation is 3. The molecule has 1 saturated heterocycles. The van der Waals surface area contributed by atoms with Crippen LogP contribution in [0.5, 0.6) is 0 Å². The molecule has 2 rings (SSSR count). The van der Waals surface area contributed by atoms with Gasteiger partial charge in [-0.2, -0.15) is 5.10 Å². The second kappa shape index (κ2) is 7.48. The fourth-order valence-corrected chi connectivity index (χ4v) is 2.88. The number of hydrogen-bond acceptors (Lipinski definition) is 2. The lowest BCUT2D eigenvalue weighted by Gasteiger charge is -2.32. The number of aliphatic imine (C=N–C) groups is 1. The average molecular weight is 291 g/mol. The zero-order valence-corrected chi connectivity index (χ0v) is 13.9. The van der Waals surface area contributed by atoms with Gasteiger partial charge in [-0.3, -0.25) is 9.67 Å². The van der Waals surface area contributed by atoms with Gasteiger partial charge < -0.3 is 10.2 Å². The van der Waals surface area contributed by atoms with Gasteiger partial charge in [-0.05, 0) is 45.1 Å². The van der Waals surface area contributed by atoms with Crippen LogP contribution in [-0.2, 0) is 6.54 Å². The van der Waals surface area contributed by atoms with Crippen molar-refractivity contribution in [2.45, 2.75) is 46.6 Å². The first-order chi connectivity index (χ1) is 10.1. The molecule has 0 aliphatic carbocycles. The zero-order chi connectivity index (χ0) is 15.2. The molecule has 118 valence electrons. The normalized spacial score (nSPS) is 17.3. The van der Waals surface area contributed by atoms with Crippen LogP contribution in [-0.4, -0.2) is 47.3 Å². The van der Waals surface area contributed by atoms with Crippen LogP contribution in [0.3, 0.4) is 0 Å². The summed E-state index contributed by atoms with van der Waals surface area (Å²) in [5.74, 6) is 1.90. The third-order valence-corrected chi connectivity index (χ3v) is 4.23. The van der Waals surface area contributed by atoms with E-state index in [2.05, 4.69) is 44.9 Å². The highest BCUT2D eigenvalue weighted by Crippen LogP contribution is 2.15. The van der Waals surface area contributed by atoms with Crippen molar-refractivity contribution in [3.05, 3.63) is 17.5 Å². The Kier molecular flexibility index (Phi) is 5.65. The van der Waals surface area contributed by atoms with Crippen LogP contribution in [0.4, 0.5) is 0 Å². The molecule has 21 heavy (non-hydrogen) atoms. The van der Waals surface area contributed by atoms with Crippen LogP contribution in [0, 0.1) is 19.8 Å². The van der Waals surface area contributed by atoms with Gasteiger partial charge in [0.25, 0.3) is 0 Å². The summed E-state index contributed by atoms with van der Waals surface area (Å²) < 4.78 is 2.09. The Morgan fingerprint density at radius 3 is 2.67 bits per heavy atom. The zero-order valence-electron chi connectivity index (χ0n) is 13.9. The van der Waals surface area contributed by atoms with Gasteiger partial charge >= 0.3 is 0 Å². The summed E-state index contributed by atoms with van der Waals surface area (Å²) in [4.78, 5) is 6.79. The summed E-state index contributed by atoms with van der Waals surface area (Å²) >= 11 is 0. The number of aromatic nitrogens is 2. The topological polar surface area (TPSA) is 45.5 Å². The summed E-state index contributed by atoms with van der Waals surface area (Å²) in [6.07, 6.45) is 3.60. The van der Waals surface area contributed by atoms with Gasteiger partial charge in [-0.15, -0.1) is 0 Å².